The predicted molar refractivity (Wildman–Crippen MR) is 110 cm³/mol. The van der Waals surface area contributed by atoms with Gasteiger partial charge in [0.1, 0.15) is 11.1 Å². The van der Waals surface area contributed by atoms with Crippen molar-refractivity contribution in [2.24, 2.45) is 0 Å². The molecule has 0 fully saturated rings. The number of anilines is 2. The number of aliphatic carboxylic acids is 1. The van der Waals surface area contributed by atoms with E-state index >= 15 is 0 Å². The highest BCUT2D eigenvalue weighted by molar-refractivity contribution is 8.00. The van der Waals surface area contributed by atoms with Gasteiger partial charge in [0.05, 0.1) is 31.4 Å². The van der Waals surface area contributed by atoms with Crippen LogP contribution in [0.15, 0.2) is 41.6 Å². The maximum absolute atomic E-state index is 11.2. The molecule has 0 aliphatic heterocycles. The molecule has 0 amide bonds. The molecular formula is C20H18N4O4S. The number of carboxylic acids is 1. The van der Waals surface area contributed by atoms with Gasteiger partial charge in [0, 0.05) is 17.1 Å². The number of nitriles is 1. The van der Waals surface area contributed by atoms with Crippen molar-refractivity contribution in [3.8, 4) is 17.6 Å². The van der Waals surface area contributed by atoms with Crippen LogP contribution in [-0.2, 0) is 4.79 Å². The van der Waals surface area contributed by atoms with E-state index in [1.165, 1.54) is 14.2 Å². The quantitative estimate of drug-likeness (QED) is 0.442. The summed E-state index contributed by atoms with van der Waals surface area (Å²) >= 11 is 1.04. The zero-order valence-corrected chi connectivity index (χ0v) is 16.8. The molecule has 1 aromatic heterocycles. The van der Waals surface area contributed by atoms with E-state index in [-0.39, 0.29) is 0 Å². The average molecular weight is 410 g/mol. The third-order valence-corrected chi connectivity index (χ3v) is 5.04. The Morgan fingerprint density at radius 2 is 1.83 bits per heavy atom. The molecule has 0 aliphatic rings. The van der Waals surface area contributed by atoms with E-state index in [1.54, 1.807) is 43.3 Å². The summed E-state index contributed by atoms with van der Waals surface area (Å²) in [6.07, 6.45) is 0. The Labute approximate surface area is 171 Å². The van der Waals surface area contributed by atoms with Gasteiger partial charge < -0.3 is 19.9 Å². The molecule has 2 aromatic carbocycles. The van der Waals surface area contributed by atoms with E-state index in [0.29, 0.717) is 38.9 Å². The Morgan fingerprint density at radius 3 is 2.41 bits per heavy atom. The molecule has 9 heteroatoms. The Kier molecular flexibility index (Phi) is 6.04. The van der Waals surface area contributed by atoms with Crippen LogP contribution in [0.2, 0.25) is 0 Å². The summed E-state index contributed by atoms with van der Waals surface area (Å²) in [7, 11) is 3.07. The van der Waals surface area contributed by atoms with E-state index in [4.69, 9.17) is 14.7 Å². The van der Waals surface area contributed by atoms with Gasteiger partial charge in [-0.05, 0) is 37.3 Å². The van der Waals surface area contributed by atoms with Crippen LogP contribution in [0.3, 0.4) is 0 Å². The number of rotatable bonds is 7. The highest BCUT2D eigenvalue weighted by Crippen LogP contribution is 2.36. The topological polar surface area (TPSA) is 117 Å². The number of nitrogens with zero attached hydrogens (tertiary/aromatic N) is 3. The number of nitrogens with one attached hydrogen (secondary N) is 1. The number of carboxylic acid groups (broad SMARTS) is 1. The number of thioether (sulfide) groups is 1. The smallest absolute Gasteiger partial charge is 0.316 e. The van der Waals surface area contributed by atoms with Gasteiger partial charge in [-0.25, -0.2) is 9.97 Å². The molecule has 29 heavy (non-hydrogen) atoms. The summed E-state index contributed by atoms with van der Waals surface area (Å²) in [6, 6.07) is 12.5. The highest BCUT2D eigenvalue weighted by atomic mass is 32.2. The van der Waals surface area contributed by atoms with E-state index in [0.717, 1.165) is 17.4 Å². The first kappa shape index (κ1) is 20.2. The number of ether oxygens (including phenoxy) is 2. The molecule has 0 radical (unpaired) electrons. The second kappa shape index (κ2) is 8.67. The van der Waals surface area contributed by atoms with Gasteiger partial charge in [-0.15, -0.1) is 0 Å². The van der Waals surface area contributed by atoms with Crippen molar-refractivity contribution in [3.63, 3.8) is 0 Å². The lowest BCUT2D eigenvalue weighted by atomic mass is 10.2. The van der Waals surface area contributed by atoms with E-state index in [1.807, 2.05) is 0 Å². The van der Waals surface area contributed by atoms with Crippen LogP contribution in [0.4, 0.5) is 11.5 Å². The van der Waals surface area contributed by atoms with Crippen molar-refractivity contribution in [1.29, 1.82) is 5.26 Å². The number of hydrogen-bond acceptors (Lipinski definition) is 8. The maximum Gasteiger partial charge on any atom is 0.316 e. The SMILES string of the molecule is COc1cc2nc(SC(C)C(=O)O)nc(Nc3ccc(C#N)cc3)c2cc1OC. The maximum atomic E-state index is 11.2. The first-order valence-corrected chi connectivity index (χ1v) is 9.43. The minimum Gasteiger partial charge on any atom is -0.493 e. The molecule has 1 atom stereocenters. The first-order valence-electron chi connectivity index (χ1n) is 8.55. The average Bonchev–Trinajstić information content (AvgIpc) is 2.73. The van der Waals surface area contributed by atoms with E-state index in [2.05, 4.69) is 21.4 Å². The summed E-state index contributed by atoms with van der Waals surface area (Å²) in [6.45, 7) is 1.57. The third kappa shape index (κ3) is 4.50. The van der Waals surface area contributed by atoms with Crippen molar-refractivity contribution in [2.45, 2.75) is 17.3 Å². The summed E-state index contributed by atoms with van der Waals surface area (Å²) in [5.74, 6) is 0.560. The summed E-state index contributed by atoms with van der Waals surface area (Å²) < 4.78 is 10.7. The van der Waals surface area contributed by atoms with Crippen molar-refractivity contribution < 1.29 is 19.4 Å². The lowest BCUT2D eigenvalue weighted by molar-refractivity contribution is -0.136. The van der Waals surface area contributed by atoms with E-state index in [9.17, 15) is 9.90 Å². The predicted octanol–water partition coefficient (Wildman–Crippen LogP) is 3.83. The molecule has 0 saturated heterocycles. The van der Waals surface area contributed by atoms with Gasteiger partial charge >= 0.3 is 5.97 Å². The molecule has 0 bridgehead atoms. The minimum atomic E-state index is -0.951. The zero-order valence-electron chi connectivity index (χ0n) is 16.0. The standard InChI is InChI=1S/C20H18N4O4S/c1-11(19(25)26)29-20-23-15-9-17(28-3)16(27-2)8-14(15)18(24-20)22-13-6-4-12(10-21)5-7-13/h4-9,11H,1-3H3,(H,25,26)(H,22,23,24). The monoisotopic (exact) mass is 410 g/mol. The molecular weight excluding hydrogens is 392 g/mol. The number of methoxy groups -OCH3 is 2. The molecule has 1 unspecified atom stereocenters. The molecule has 0 spiro atoms. The molecule has 8 nitrogen and oxygen atoms in total. The zero-order chi connectivity index (χ0) is 21.0. The first-order chi connectivity index (χ1) is 13.9. The number of aromatic nitrogens is 2. The van der Waals surface area contributed by atoms with Gasteiger partial charge in [-0.3, -0.25) is 4.79 Å². The Morgan fingerprint density at radius 1 is 1.17 bits per heavy atom. The van der Waals surface area contributed by atoms with Crippen LogP contribution >= 0.6 is 11.8 Å². The van der Waals surface area contributed by atoms with Crippen molar-refractivity contribution in [1.82, 2.24) is 9.97 Å². The number of fused-ring (bicyclic) bond motifs is 1. The molecule has 3 rings (SSSR count). The number of hydrogen-bond donors (Lipinski definition) is 2. The van der Waals surface area contributed by atoms with Crippen LogP contribution in [0.1, 0.15) is 12.5 Å². The molecule has 3 aromatic rings. The normalized spacial score (nSPS) is 11.5. The van der Waals surface area contributed by atoms with Crippen molar-refractivity contribution in [3.05, 3.63) is 42.0 Å². The Bertz CT molecular complexity index is 1100. The van der Waals surface area contributed by atoms with Crippen LogP contribution < -0.4 is 14.8 Å². The number of carbonyl (C=O) groups is 1. The van der Waals surface area contributed by atoms with Crippen LogP contribution in [0.25, 0.3) is 10.9 Å². The highest BCUT2D eigenvalue weighted by Gasteiger charge is 2.18. The molecule has 148 valence electrons. The summed E-state index contributed by atoms with van der Waals surface area (Å²) in [5.41, 5.74) is 1.84. The van der Waals surface area contributed by atoms with E-state index < -0.39 is 11.2 Å². The number of benzene rings is 2. The molecule has 0 aliphatic carbocycles. The summed E-state index contributed by atoms with van der Waals surface area (Å²) in [5, 5.41) is 21.7. The van der Waals surface area contributed by atoms with Gasteiger partial charge in [0.25, 0.3) is 0 Å². The lowest BCUT2D eigenvalue weighted by Gasteiger charge is -2.14. The Hall–Kier alpha value is -3.51. The van der Waals surface area contributed by atoms with Gasteiger partial charge in [0.2, 0.25) is 0 Å². The summed E-state index contributed by atoms with van der Waals surface area (Å²) in [4.78, 5) is 20.2. The third-order valence-electron chi connectivity index (χ3n) is 4.09. The van der Waals surface area contributed by atoms with Gasteiger partial charge in [-0.2, -0.15) is 5.26 Å². The second-order valence-electron chi connectivity index (χ2n) is 5.99. The fourth-order valence-electron chi connectivity index (χ4n) is 2.56. The lowest BCUT2D eigenvalue weighted by Crippen LogP contribution is -2.12. The molecule has 2 N–H and O–H groups in total. The largest absolute Gasteiger partial charge is 0.493 e. The van der Waals surface area contributed by atoms with Crippen molar-refractivity contribution >= 4 is 40.1 Å². The minimum absolute atomic E-state index is 0.316. The molecule has 1 heterocycles. The second-order valence-corrected chi connectivity index (χ2v) is 7.30. The Balaban J connectivity index is 2.12. The van der Waals surface area contributed by atoms with Crippen LogP contribution in [0.5, 0.6) is 11.5 Å². The fourth-order valence-corrected chi connectivity index (χ4v) is 3.27. The van der Waals surface area contributed by atoms with Crippen molar-refractivity contribution in [2.75, 3.05) is 19.5 Å². The van der Waals surface area contributed by atoms with Gasteiger partial charge in [0.15, 0.2) is 16.7 Å². The fraction of sp³-hybridized carbons (Fsp3) is 0.200. The van der Waals surface area contributed by atoms with Crippen LogP contribution in [0, 0.1) is 11.3 Å². The molecule has 0 saturated carbocycles. The van der Waals surface area contributed by atoms with Gasteiger partial charge in [-0.1, -0.05) is 11.8 Å². The van der Waals surface area contributed by atoms with Crippen LogP contribution in [-0.4, -0.2) is 40.5 Å².